The molecule has 0 aliphatic heterocycles. The third kappa shape index (κ3) is 11.1. The minimum absolute atomic E-state index is 0.483. The average molecular weight is 433 g/mol. The smallest absolute Gasteiger partial charge is 0.379 e. The molecule has 0 aromatic heterocycles. The Bertz CT molecular complexity index is 490. The van der Waals surface area contributed by atoms with Crippen LogP contribution in [0.4, 0.5) is 0 Å². The molecule has 1 rings (SSSR count). The van der Waals surface area contributed by atoms with E-state index in [4.69, 9.17) is 9.05 Å². The van der Waals surface area contributed by atoms with Gasteiger partial charge in [-0.1, -0.05) is 81.1 Å². The van der Waals surface area contributed by atoms with Crippen molar-refractivity contribution in [3.8, 4) is 5.75 Å². The normalized spacial score (nSPS) is 13.6. The van der Waals surface area contributed by atoms with Gasteiger partial charge in [0.15, 0.2) is 0 Å². The standard InChI is InChI=1S/C20H34BrO3P/c1-3-5-7-8-9-10-11-12-17-23-25(22,18-6-4-2)24-20-15-13-19(21)14-16-20/h13-16H,3-12,17-18H2,1-2H3. The first-order valence-corrected chi connectivity index (χ1v) is 12.3. The van der Waals surface area contributed by atoms with E-state index in [2.05, 4.69) is 29.8 Å². The summed E-state index contributed by atoms with van der Waals surface area (Å²) in [6.07, 6.45) is 12.2. The van der Waals surface area contributed by atoms with Crippen LogP contribution in [0.1, 0.15) is 78.1 Å². The Balaban J connectivity index is 2.32. The van der Waals surface area contributed by atoms with E-state index < -0.39 is 7.60 Å². The second-order valence-electron chi connectivity index (χ2n) is 6.54. The van der Waals surface area contributed by atoms with Gasteiger partial charge in [-0.15, -0.1) is 0 Å². The van der Waals surface area contributed by atoms with Crippen molar-refractivity contribution in [2.24, 2.45) is 0 Å². The van der Waals surface area contributed by atoms with E-state index in [1.807, 2.05) is 24.3 Å². The van der Waals surface area contributed by atoms with Crippen LogP contribution in [0.5, 0.6) is 5.75 Å². The highest BCUT2D eigenvalue weighted by molar-refractivity contribution is 9.10. The molecule has 1 unspecified atom stereocenters. The van der Waals surface area contributed by atoms with Crippen LogP contribution in [0.2, 0.25) is 0 Å². The Morgan fingerprint density at radius 1 is 0.840 bits per heavy atom. The molecule has 25 heavy (non-hydrogen) atoms. The minimum atomic E-state index is -3.06. The zero-order valence-electron chi connectivity index (χ0n) is 15.8. The summed E-state index contributed by atoms with van der Waals surface area (Å²) in [4.78, 5) is 0. The number of unbranched alkanes of at least 4 members (excludes halogenated alkanes) is 8. The topological polar surface area (TPSA) is 35.5 Å². The minimum Gasteiger partial charge on any atom is -0.424 e. The van der Waals surface area contributed by atoms with Crippen molar-refractivity contribution >= 4 is 23.5 Å². The van der Waals surface area contributed by atoms with E-state index in [0.29, 0.717) is 18.5 Å². The van der Waals surface area contributed by atoms with E-state index in [1.54, 1.807) is 0 Å². The van der Waals surface area contributed by atoms with Crippen LogP contribution in [-0.2, 0) is 9.09 Å². The molecule has 0 aliphatic carbocycles. The maximum Gasteiger partial charge on any atom is 0.379 e. The Kier molecular flexibility index (Phi) is 12.6. The molecular formula is C20H34BrO3P. The molecule has 0 aliphatic rings. The SMILES string of the molecule is CCCCCCCCCCOP(=O)(CCCC)Oc1ccc(Br)cc1. The van der Waals surface area contributed by atoms with Crippen LogP contribution >= 0.6 is 23.5 Å². The molecule has 3 nitrogen and oxygen atoms in total. The van der Waals surface area contributed by atoms with Gasteiger partial charge in [0, 0.05) is 4.47 Å². The zero-order chi connectivity index (χ0) is 18.4. The number of rotatable bonds is 15. The molecule has 0 radical (unpaired) electrons. The lowest BCUT2D eigenvalue weighted by atomic mass is 10.1. The largest absolute Gasteiger partial charge is 0.424 e. The second kappa shape index (κ2) is 13.8. The lowest BCUT2D eigenvalue weighted by molar-refractivity contribution is 0.257. The van der Waals surface area contributed by atoms with Crippen molar-refractivity contribution < 1.29 is 13.6 Å². The maximum atomic E-state index is 13.0. The fourth-order valence-corrected chi connectivity index (χ4v) is 4.68. The van der Waals surface area contributed by atoms with Gasteiger partial charge in [0.1, 0.15) is 5.75 Å². The van der Waals surface area contributed by atoms with Crippen molar-refractivity contribution in [2.75, 3.05) is 12.8 Å². The summed E-state index contributed by atoms with van der Waals surface area (Å²) in [6, 6.07) is 7.42. The van der Waals surface area contributed by atoms with Gasteiger partial charge in [0.25, 0.3) is 0 Å². The molecule has 0 heterocycles. The lowest BCUT2D eigenvalue weighted by Crippen LogP contribution is -2.04. The highest BCUT2D eigenvalue weighted by atomic mass is 79.9. The van der Waals surface area contributed by atoms with Crippen molar-refractivity contribution in [3.05, 3.63) is 28.7 Å². The molecule has 0 amide bonds. The first kappa shape index (κ1) is 22.7. The molecule has 0 fully saturated rings. The quantitative estimate of drug-likeness (QED) is 0.208. The van der Waals surface area contributed by atoms with E-state index in [0.717, 1.165) is 30.2 Å². The fraction of sp³-hybridized carbons (Fsp3) is 0.700. The van der Waals surface area contributed by atoms with Crippen LogP contribution < -0.4 is 4.52 Å². The van der Waals surface area contributed by atoms with Crippen molar-refractivity contribution in [1.29, 1.82) is 0 Å². The number of hydrogen-bond acceptors (Lipinski definition) is 3. The summed E-state index contributed by atoms with van der Waals surface area (Å²) < 4.78 is 25.4. The summed E-state index contributed by atoms with van der Waals surface area (Å²) >= 11 is 3.40. The summed E-state index contributed by atoms with van der Waals surface area (Å²) in [6.45, 7) is 4.85. The summed E-state index contributed by atoms with van der Waals surface area (Å²) in [5.74, 6) is 0.610. The Labute approximate surface area is 162 Å². The fourth-order valence-electron chi connectivity index (χ4n) is 2.58. The van der Waals surface area contributed by atoms with Crippen molar-refractivity contribution in [3.63, 3.8) is 0 Å². The van der Waals surface area contributed by atoms with Crippen LogP contribution in [0, 0.1) is 0 Å². The van der Waals surface area contributed by atoms with Crippen LogP contribution in [0.3, 0.4) is 0 Å². The molecule has 144 valence electrons. The van der Waals surface area contributed by atoms with Crippen molar-refractivity contribution in [2.45, 2.75) is 78.1 Å². The van der Waals surface area contributed by atoms with Gasteiger partial charge in [-0.2, -0.15) is 0 Å². The van der Waals surface area contributed by atoms with Gasteiger partial charge < -0.3 is 4.52 Å². The Morgan fingerprint density at radius 3 is 2.00 bits per heavy atom. The van der Waals surface area contributed by atoms with E-state index in [1.165, 1.54) is 38.5 Å². The predicted molar refractivity (Wildman–Crippen MR) is 111 cm³/mol. The van der Waals surface area contributed by atoms with E-state index in [-0.39, 0.29) is 0 Å². The van der Waals surface area contributed by atoms with Gasteiger partial charge in [-0.3, -0.25) is 4.52 Å². The Morgan fingerprint density at radius 2 is 1.40 bits per heavy atom. The molecule has 5 heteroatoms. The lowest BCUT2D eigenvalue weighted by Gasteiger charge is -2.19. The number of hydrogen-bond donors (Lipinski definition) is 0. The third-order valence-corrected chi connectivity index (χ3v) is 6.59. The first-order chi connectivity index (χ1) is 12.1. The molecule has 0 spiro atoms. The highest BCUT2D eigenvalue weighted by Crippen LogP contribution is 2.49. The highest BCUT2D eigenvalue weighted by Gasteiger charge is 2.25. The number of benzene rings is 1. The molecule has 0 bridgehead atoms. The van der Waals surface area contributed by atoms with Gasteiger partial charge in [0.2, 0.25) is 0 Å². The van der Waals surface area contributed by atoms with Gasteiger partial charge in [0.05, 0.1) is 12.8 Å². The molecule has 1 aromatic rings. The van der Waals surface area contributed by atoms with Crippen molar-refractivity contribution in [1.82, 2.24) is 0 Å². The van der Waals surface area contributed by atoms with Gasteiger partial charge in [-0.25, -0.2) is 4.57 Å². The molecular weight excluding hydrogens is 399 g/mol. The average Bonchev–Trinajstić information content (AvgIpc) is 2.61. The molecule has 0 saturated heterocycles. The Hall–Kier alpha value is -0.310. The summed E-state index contributed by atoms with van der Waals surface area (Å²) in [5.41, 5.74) is 0. The molecule has 1 atom stereocenters. The monoisotopic (exact) mass is 432 g/mol. The van der Waals surface area contributed by atoms with Crippen LogP contribution in [0.25, 0.3) is 0 Å². The maximum absolute atomic E-state index is 13.0. The van der Waals surface area contributed by atoms with Crippen LogP contribution in [0.15, 0.2) is 28.7 Å². The first-order valence-electron chi connectivity index (χ1n) is 9.78. The van der Waals surface area contributed by atoms with E-state index >= 15 is 0 Å². The van der Waals surface area contributed by atoms with Crippen LogP contribution in [-0.4, -0.2) is 12.8 Å². The second-order valence-corrected chi connectivity index (χ2v) is 9.57. The molecule has 0 N–H and O–H groups in total. The van der Waals surface area contributed by atoms with E-state index in [9.17, 15) is 4.57 Å². The molecule has 1 aromatic carbocycles. The predicted octanol–water partition coefficient (Wildman–Crippen LogP) is 7.98. The summed E-state index contributed by atoms with van der Waals surface area (Å²) in [7, 11) is -3.06. The summed E-state index contributed by atoms with van der Waals surface area (Å²) in [5, 5.41) is 0. The molecule has 0 saturated carbocycles. The third-order valence-electron chi connectivity index (χ3n) is 4.13. The van der Waals surface area contributed by atoms with Gasteiger partial charge in [-0.05, 0) is 37.1 Å². The van der Waals surface area contributed by atoms with Gasteiger partial charge >= 0.3 is 7.60 Å². The number of halogens is 1. The zero-order valence-corrected chi connectivity index (χ0v) is 18.3.